The maximum Gasteiger partial charge on any atom is 0.0446 e. The molecule has 84 valence electrons. The molecule has 0 amide bonds. The fourth-order valence-electron chi connectivity index (χ4n) is 1.69. The highest BCUT2D eigenvalue weighted by Gasteiger charge is 2.10. The fraction of sp³-hybridized carbons (Fsp3) is 0.538. The largest absolute Gasteiger partial charge is 0.312 e. The summed E-state index contributed by atoms with van der Waals surface area (Å²) in [5.74, 6) is 0. The van der Waals surface area contributed by atoms with Crippen LogP contribution in [0.4, 0.5) is 0 Å². The molecule has 0 aliphatic heterocycles. The van der Waals surface area contributed by atoms with E-state index in [0.717, 1.165) is 13.1 Å². The summed E-state index contributed by atoms with van der Waals surface area (Å²) in [4.78, 5) is 2.32. The Kier molecular flexibility index (Phi) is 4.79. The fourth-order valence-corrected chi connectivity index (χ4v) is 1.69. The molecule has 2 nitrogen and oxygen atoms in total. The van der Waals surface area contributed by atoms with Gasteiger partial charge in [-0.15, -0.1) is 0 Å². The molecule has 0 heterocycles. The number of rotatable bonds is 5. The summed E-state index contributed by atoms with van der Waals surface area (Å²) in [6.45, 7) is 6.46. The van der Waals surface area contributed by atoms with Crippen LogP contribution in [0, 0.1) is 6.92 Å². The van der Waals surface area contributed by atoms with Crippen LogP contribution in [0.15, 0.2) is 24.3 Å². The van der Waals surface area contributed by atoms with Gasteiger partial charge in [0.2, 0.25) is 0 Å². The van der Waals surface area contributed by atoms with E-state index >= 15 is 0 Å². The maximum atomic E-state index is 3.37. The van der Waals surface area contributed by atoms with Crippen molar-refractivity contribution in [1.29, 1.82) is 0 Å². The molecule has 0 radical (unpaired) electrons. The minimum absolute atomic E-state index is 0.426. The van der Waals surface area contributed by atoms with Crippen molar-refractivity contribution < 1.29 is 0 Å². The normalized spacial score (nSPS) is 13.1. The summed E-state index contributed by atoms with van der Waals surface area (Å²) < 4.78 is 0. The number of likely N-dealkylation sites (N-methyl/N-ethyl adjacent to an activating group) is 2. The van der Waals surface area contributed by atoms with Crippen LogP contribution in [0.5, 0.6) is 0 Å². The molecule has 1 unspecified atom stereocenters. The first-order valence-corrected chi connectivity index (χ1v) is 5.59. The molecule has 0 aliphatic carbocycles. The van der Waals surface area contributed by atoms with E-state index in [9.17, 15) is 0 Å². The molecule has 0 aliphatic rings. The molecule has 1 N–H and O–H groups in total. The second-order valence-electron chi connectivity index (χ2n) is 4.11. The SMILES string of the molecule is CCN(C)CC(NC)c1cccc(C)c1. The minimum atomic E-state index is 0.426. The highest BCUT2D eigenvalue weighted by atomic mass is 15.1. The molecule has 0 fully saturated rings. The van der Waals surface area contributed by atoms with Gasteiger partial charge < -0.3 is 10.2 Å². The highest BCUT2D eigenvalue weighted by molar-refractivity contribution is 5.25. The third kappa shape index (κ3) is 3.65. The maximum absolute atomic E-state index is 3.37. The molecule has 1 aromatic rings. The second kappa shape index (κ2) is 5.89. The summed E-state index contributed by atoms with van der Waals surface area (Å²) in [6, 6.07) is 9.14. The van der Waals surface area contributed by atoms with Crippen molar-refractivity contribution in [2.75, 3.05) is 27.2 Å². The van der Waals surface area contributed by atoms with E-state index in [2.05, 4.69) is 55.4 Å². The smallest absolute Gasteiger partial charge is 0.0446 e. The van der Waals surface area contributed by atoms with Crippen LogP contribution >= 0.6 is 0 Å². The molecule has 1 rings (SSSR count). The van der Waals surface area contributed by atoms with E-state index in [-0.39, 0.29) is 0 Å². The topological polar surface area (TPSA) is 15.3 Å². The zero-order valence-electron chi connectivity index (χ0n) is 10.2. The Bertz CT molecular complexity index is 296. The molecule has 15 heavy (non-hydrogen) atoms. The summed E-state index contributed by atoms with van der Waals surface area (Å²) >= 11 is 0. The summed E-state index contributed by atoms with van der Waals surface area (Å²) in [7, 11) is 4.18. The lowest BCUT2D eigenvalue weighted by molar-refractivity contribution is 0.311. The first-order chi connectivity index (χ1) is 7.17. The number of hydrogen-bond acceptors (Lipinski definition) is 2. The number of hydrogen-bond donors (Lipinski definition) is 1. The summed E-state index contributed by atoms with van der Waals surface area (Å²) in [5.41, 5.74) is 2.70. The van der Waals surface area contributed by atoms with Crippen LogP contribution in [0.1, 0.15) is 24.1 Å². The van der Waals surface area contributed by atoms with Crippen LogP contribution < -0.4 is 5.32 Å². The molecule has 0 spiro atoms. The van der Waals surface area contributed by atoms with Gasteiger partial charge in [-0.25, -0.2) is 0 Å². The Morgan fingerprint density at radius 3 is 2.67 bits per heavy atom. The van der Waals surface area contributed by atoms with Gasteiger partial charge in [0, 0.05) is 12.6 Å². The number of benzene rings is 1. The van der Waals surface area contributed by atoms with Crippen molar-refractivity contribution in [2.45, 2.75) is 19.9 Å². The minimum Gasteiger partial charge on any atom is -0.312 e. The Hall–Kier alpha value is -0.860. The number of aryl methyl sites for hydroxylation is 1. The van der Waals surface area contributed by atoms with E-state index in [1.165, 1.54) is 11.1 Å². The van der Waals surface area contributed by atoms with E-state index < -0.39 is 0 Å². The van der Waals surface area contributed by atoms with Crippen molar-refractivity contribution in [1.82, 2.24) is 10.2 Å². The van der Waals surface area contributed by atoms with Crippen molar-refractivity contribution in [3.05, 3.63) is 35.4 Å². The van der Waals surface area contributed by atoms with E-state index in [0.29, 0.717) is 6.04 Å². The van der Waals surface area contributed by atoms with Crippen molar-refractivity contribution >= 4 is 0 Å². The van der Waals surface area contributed by atoms with E-state index in [4.69, 9.17) is 0 Å². The molecule has 1 atom stereocenters. The van der Waals surface area contributed by atoms with Gasteiger partial charge in [0.05, 0.1) is 0 Å². The molecule has 0 saturated heterocycles. The van der Waals surface area contributed by atoms with Crippen LogP contribution in [0.3, 0.4) is 0 Å². The Morgan fingerprint density at radius 2 is 2.13 bits per heavy atom. The van der Waals surface area contributed by atoms with Crippen molar-refractivity contribution in [3.63, 3.8) is 0 Å². The average Bonchev–Trinajstić information content (AvgIpc) is 2.25. The van der Waals surface area contributed by atoms with Crippen LogP contribution in [0.25, 0.3) is 0 Å². The standard InChI is InChI=1S/C13H22N2/c1-5-15(4)10-13(14-3)12-8-6-7-11(2)9-12/h6-9,13-14H,5,10H2,1-4H3. The average molecular weight is 206 g/mol. The van der Waals surface area contributed by atoms with Crippen LogP contribution in [-0.4, -0.2) is 32.1 Å². The molecular formula is C13H22N2. The Balaban J connectivity index is 2.73. The predicted octanol–water partition coefficient (Wildman–Crippen LogP) is 2.21. The zero-order chi connectivity index (χ0) is 11.3. The highest BCUT2D eigenvalue weighted by Crippen LogP contribution is 2.14. The monoisotopic (exact) mass is 206 g/mol. The Morgan fingerprint density at radius 1 is 1.40 bits per heavy atom. The molecular weight excluding hydrogens is 184 g/mol. The first-order valence-electron chi connectivity index (χ1n) is 5.59. The van der Waals surface area contributed by atoms with Gasteiger partial charge in [-0.2, -0.15) is 0 Å². The van der Waals surface area contributed by atoms with Gasteiger partial charge in [-0.3, -0.25) is 0 Å². The van der Waals surface area contributed by atoms with Gasteiger partial charge >= 0.3 is 0 Å². The van der Waals surface area contributed by atoms with Crippen molar-refractivity contribution in [2.24, 2.45) is 0 Å². The van der Waals surface area contributed by atoms with Gasteiger partial charge in [-0.1, -0.05) is 36.8 Å². The lowest BCUT2D eigenvalue weighted by atomic mass is 10.0. The van der Waals surface area contributed by atoms with Crippen molar-refractivity contribution in [3.8, 4) is 0 Å². The predicted molar refractivity (Wildman–Crippen MR) is 66.2 cm³/mol. The first kappa shape index (κ1) is 12.2. The quantitative estimate of drug-likeness (QED) is 0.794. The van der Waals surface area contributed by atoms with Gasteiger partial charge in [-0.05, 0) is 33.1 Å². The molecule has 1 aromatic carbocycles. The summed E-state index contributed by atoms with van der Waals surface area (Å²) in [5, 5.41) is 3.37. The van der Waals surface area contributed by atoms with Crippen LogP contribution in [-0.2, 0) is 0 Å². The van der Waals surface area contributed by atoms with Gasteiger partial charge in [0.15, 0.2) is 0 Å². The third-order valence-corrected chi connectivity index (χ3v) is 2.83. The molecule has 2 heteroatoms. The molecule has 0 bridgehead atoms. The number of nitrogens with one attached hydrogen (secondary N) is 1. The van der Waals surface area contributed by atoms with E-state index in [1.54, 1.807) is 0 Å². The third-order valence-electron chi connectivity index (χ3n) is 2.83. The number of nitrogens with zero attached hydrogens (tertiary/aromatic N) is 1. The lowest BCUT2D eigenvalue weighted by Gasteiger charge is -2.23. The Labute approximate surface area is 93.3 Å². The zero-order valence-corrected chi connectivity index (χ0v) is 10.2. The molecule has 0 aromatic heterocycles. The second-order valence-corrected chi connectivity index (χ2v) is 4.11. The molecule has 0 saturated carbocycles. The lowest BCUT2D eigenvalue weighted by Crippen LogP contribution is -2.31. The van der Waals surface area contributed by atoms with Crippen LogP contribution in [0.2, 0.25) is 0 Å². The van der Waals surface area contributed by atoms with Gasteiger partial charge in [0.25, 0.3) is 0 Å². The van der Waals surface area contributed by atoms with Gasteiger partial charge in [0.1, 0.15) is 0 Å². The van der Waals surface area contributed by atoms with E-state index in [1.807, 2.05) is 7.05 Å². The summed E-state index contributed by atoms with van der Waals surface area (Å²) in [6.07, 6.45) is 0.